The van der Waals surface area contributed by atoms with Crippen LogP contribution in [-0.4, -0.2) is 36.8 Å². The molecule has 3 aromatic heterocycles. The molecular weight excluding hydrogens is 576 g/mol. The molecule has 0 aliphatic heterocycles. The summed E-state index contributed by atoms with van der Waals surface area (Å²) >= 11 is 5.58. The zero-order chi connectivity index (χ0) is 30.8. The Balaban J connectivity index is 0.000000223. The molecule has 218 valence electrons. The molecule has 44 heavy (non-hydrogen) atoms. The number of carbonyl (C=O) groups excluding carboxylic acids is 2. The van der Waals surface area contributed by atoms with Gasteiger partial charge in [0.05, 0.1) is 27.4 Å². The molecule has 1 aliphatic carbocycles. The third kappa shape index (κ3) is 5.48. The van der Waals surface area contributed by atoms with Crippen LogP contribution in [0.1, 0.15) is 38.3 Å². The Morgan fingerprint density at radius 3 is 2.48 bits per heavy atom. The molecule has 7 rings (SSSR count). The number of hydrogen-bond acceptors (Lipinski definition) is 7. The predicted octanol–water partition coefficient (Wildman–Crippen LogP) is 6.18. The summed E-state index contributed by atoms with van der Waals surface area (Å²) < 4.78 is 2.12. The van der Waals surface area contributed by atoms with E-state index in [0.29, 0.717) is 12.1 Å². The molecule has 0 unspecified atom stereocenters. The van der Waals surface area contributed by atoms with Crippen LogP contribution in [0.15, 0.2) is 91.1 Å². The van der Waals surface area contributed by atoms with Gasteiger partial charge in [-0.25, -0.2) is 15.0 Å². The second-order valence-corrected chi connectivity index (χ2v) is 10.7. The van der Waals surface area contributed by atoms with E-state index in [1.54, 1.807) is 6.20 Å². The quantitative estimate of drug-likeness (QED) is 0.199. The minimum Gasteiger partial charge on any atom is -0.507 e. The Kier molecular flexibility index (Phi) is 7.78. The Labute approximate surface area is 257 Å². The second kappa shape index (κ2) is 12.0. The number of nitrogen functional groups attached to an aromatic ring is 1. The maximum absolute atomic E-state index is 10.7. The molecule has 0 saturated heterocycles. The number of anilines is 1. The van der Waals surface area contributed by atoms with Crippen molar-refractivity contribution in [2.24, 2.45) is 5.73 Å². The Morgan fingerprint density at radius 2 is 1.73 bits per heavy atom. The van der Waals surface area contributed by atoms with Crippen LogP contribution in [0, 0.1) is 0 Å². The van der Waals surface area contributed by atoms with Crippen LogP contribution in [0.2, 0.25) is 5.02 Å². The Hall–Kier alpha value is -5.54. The van der Waals surface area contributed by atoms with Crippen molar-refractivity contribution in [3.8, 4) is 34.1 Å². The number of benzene rings is 3. The summed E-state index contributed by atoms with van der Waals surface area (Å²) in [5.74, 6) is 0.206. The first-order valence-electron chi connectivity index (χ1n) is 13.9. The zero-order valence-electron chi connectivity index (χ0n) is 23.4. The first-order valence-corrected chi connectivity index (χ1v) is 14.3. The normalized spacial score (nSPS) is 11.9. The van der Waals surface area contributed by atoms with Crippen molar-refractivity contribution in [2.45, 2.75) is 19.3 Å². The van der Waals surface area contributed by atoms with Crippen LogP contribution < -0.4 is 11.5 Å². The number of nitrogens with zero attached hydrogens (tertiary/aromatic N) is 4. The number of carbonyl (C=O) groups is 2. The van der Waals surface area contributed by atoms with Gasteiger partial charge < -0.3 is 16.6 Å². The van der Waals surface area contributed by atoms with E-state index in [1.165, 1.54) is 17.5 Å². The number of aromatic hydroxyl groups is 1. The monoisotopic (exact) mass is 602 g/mol. The smallest absolute Gasteiger partial charge is 0.250 e. The number of rotatable bonds is 5. The van der Waals surface area contributed by atoms with E-state index in [-0.39, 0.29) is 21.9 Å². The fraction of sp³-hybridized carbons (Fsp3) is 0.0882. The molecule has 0 fully saturated rings. The SMILES string of the molecule is NC(=O)c1cc(C=O)c(O)cc1Cl.Nc1ncccc1-c1nc2ccc(-c3ccccc3)nc2n1-c1ccc2c(c1)CCC2. The lowest BCUT2D eigenvalue weighted by molar-refractivity contribution is 0.100. The number of aldehydes is 1. The second-order valence-electron chi connectivity index (χ2n) is 10.3. The number of phenols is 1. The summed E-state index contributed by atoms with van der Waals surface area (Å²) in [4.78, 5) is 35.3. The maximum atomic E-state index is 10.7. The maximum Gasteiger partial charge on any atom is 0.250 e. The average molecular weight is 603 g/mol. The molecule has 1 aliphatic rings. The molecule has 1 amide bonds. The highest BCUT2D eigenvalue weighted by Gasteiger charge is 2.20. The first-order chi connectivity index (χ1) is 21.3. The van der Waals surface area contributed by atoms with E-state index in [2.05, 4.69) is 39.9 Å². The molecular formula is C34H27ClN6O3. The summed E-state index contributed by atoms with van der Waals surface area (Å²) in [6.07, 6.45) is 5.59. The van der Waals surface area contributed by atoms with Crippen molar-refractivity contribution in [1.29, 1.82) is 0 Å². The van der Waals surface area contributed by atoms with E-state index in [0.717, 1.165) is 64.5 Å². The van der Waals surface area contributed by atoms with E-state index < -0.39 is 5.91 Å². The van der Waals surface area contributed by atoms with Crippen molar-refractivity contribution in [3.63, 3.8) is 0 Å². The minimum absolute atomic E-state index is 0.0153. The highest BCUT2D eigenvalue weighted by atomic mass is 35.5. The number of aromatic nitrogens is 4. The fourth-order valence-electron chi connectivity index (χ4n) is 5.32. The summed E-state index contributed by atoms with van der Waals surface area (Å²) in [5, 5.41) is 9.15. The number of nitrogens with two attached hydrogens (primary N) is 2. The Morgan fingerprint density at radius 1 is 0.932 bits per heavy atom. The van der Waals surface area contributed by atoms with Crippen molar-refractivity contribution in [2.75, 3.05) is 5.73 Å². The van der Waals surface area contributed by atoms with Crippen molar-refractivity contribution < 1.29 is 14.7 Å². The van der Waals surface area contributed by atoms with Crippen molar-refractivity contribution in [1.82, 2.24) is 19.5 Å². The molecule has 0 saturated carbocycles. The first kappa shape index (κ1) is 28.6. The van der Waals surface area contributed by atoms with Gasteiger partial charge in [0, 0.05) is 23.5 Å². The molecule has 3 aromatic carbocycles. The van der Waals surface area contributed by atoms with Gasteiger partial charge in [0.2, 0.25) is 5.91 Å². The molecule has 0 atom stereocenters. The zero-order valence-corrected chi connectivity index (χ0v) is 24.2. The van der Waals surface area contributed by atoms with Gasteiger partial charge in [0.25, 0.3) is 0 Å². The number of phenolic OH excluding ortho intramolecular Hbond substituents is 1. The van der Waals surface area contributed by atoms with Gasteiger partial charge >= 0.3 is 0 Å². The van der Waals surface area contributed by atoms with Gasteiger partial charge in [0.15, 0.2) is 17.8 Å². The number of hydrogen-bond donors (Lipinski definition) is 3. The van der Waals surface area contributed by atoms with Gasteiger partial charge in [-0.1, -0.05) is 48.0 Å². The predicted molar refractivity (Wildman–Crippen MR) is 171 cm³/mol. The number of amides is 1. The molecule has 10 heteroatoms. The molecule has 3 heterocycles. The van der Waals surface area contributed by atoms with Crippen molar-refractivity contribution in [3.05, 3.63) is 118 Å². The summed E-state index contributed by atoms with van der Waals surface area (Å²) in [6, 6.07) is 27.1. The molecule has 9 nitrogen and oxygen atoms in total. The van der Waals surface area contributed by atoms with Crippen LogP contribution in [-0.2, 0) is 12.8 Å². The Bertz CT molecular complexity index is 2040. The van der Waals surface area contributed by atoms with Gasteiger partial charge in [0.1, 0.15) is 17.1 Å². The summed E-state index contributed by atoms with van der Waals surface area (Å²) in [5.41, 5.74) is 19.6. The molecule has 5 N–H and O–H groups in total. The van der Waals surface area contributed by atoms with Gasteiger partial charge in [-0.2, -0.15) is 0 Å². The number of halogens is 1. The van der Waals surface area contributed by atoms with Crippen LogP contribution >= 0.6 is 11.6 Å². The lowest BCUT2D eigenvalue weighted by atomic mass is 10.1. The average Bonchev–Trinajstić information content (AvgIpc) is 3.66. The summed E-state index contributed by atoms with van der Waals surface area (Å²) in [6.45, 7) is 0. The largest absolute Gasteiger partial charge is 0.507 e. The van der Waals surface area contributed by atoms with Crippen LogP contribution in [0.25, 0.3) is 39.5 Å². The van der Waals surface area contributed by atoms with E-state index >= 15 is 0 Å². The third-order valence-electron chi connectivity index (χ3n) is 7.50. The number of fused-ring (bicyclic) bond motifs is 2. The minimum atomic E-state index is -0.742. The third-order valence-corrected chi connectivity index (χ3v) is 7.82. The summed E-state index contributed by atoms with van der Waals surface area (Å²) in [7, 11) is 0. The number of pyridine rings is 2. The van der Waals surface area contributed by atoms with Crippen LogP contribution in [0.5, 0.6) is 5.75 Å². The number of primary amides is 1. The van der Waals surface area contributed by atoms with E-state index in [4.69, 9.17) is 38.1 Å². The van der Waals surface area contributed by atoms with Crippen LogP contribution in [0.3, 0.4) is 0 Å². The lowest BCUT2D eigenvalue weighted by Crippen LogP contribution is -2.11. The van der Waals surface area contributed by atoms with Crippen LogP contribution in [0.4, 0.5) is 5.82 Å². The highest BCUT2D eigenvalue weighted by Crippen LogP contribution is 2.33. The van der Waals surface area contributed by atoms with Gasteiger partial charge in [-0.3, -0.25) is 14.2 Å². The van der Waals surface area contributed by atoms with E-state index in [1.807, 2.05) is 42.5 Å². The lowest BCUT2D eigenvalue weighted by Gasteiger charge is -2.12. The van der Waals surface area contributed by atoms with Gasteiger partial charge in [-0.05, 0) is 72.9 Å². The number of aryl methyl sites for hydroxylation is 2. The standard InChI is InChI=1S/C26H21N5.C8H6ClNO3/c27-24-21(10-5-15-28-24)25-30-23-14-13-22(18-6-2-1-3-7-18)29-26(23)31(25)20-12-11-17-8-4-9-19(17)16-20;9-6-2-7(12)4(3-11)1-5(6)8(10)13/h1-3,5-7,10-16H,4,8-9H2,(H2,27,28);1-3,12H,(H2,10,13). The van der Waals surface area contributed by atoms with E-state index in [9.17, 15) is 9.59 Å². The topological polar surface area (TPSA) is 150 Å². The van der Waals surface area contributed by atoms with Crippen molar-refractivity contribution >= 4 is 40.8 Å². The van der Waals surface area contributed by atoms with Gasteiger partial charge in [-0.15, -0.1) is 0 Å². The molecule has 6 aromatic rings. The highest BCUT2D eigenvalue weighted by molar-refractivity contribution is 6.34. The fourth-order valence-corrected chi connectivity index (χ4v) is 5.57. The molecule has 0 bridgehead atoms. The molecule has 0 spiro atoms. The molecule has 0 radical (unpaired) electrons. The number of imidazole rings is 1.